The summed E-state index contributed by atoms with van der Waals surface area (Å²) in [5, 5.41) is 6.69. The van der Waals surface area contributed by atoms with Gasteiger partial charge in [0.25, 0.3) is 5.91 Å². The van der Waals surface area contributed by atoms with Gasteiger partial charge in [0.15, 0.2) is 0 Å². The van der Waals surface area contributed by atoms with Crippen LogP contribution in [0.1, 0.15) is 23.1 Å². The third-order valence-electron chi connectivity index (χ3n) is 2.59. The summed E-state index contributed by atoms with van der Waals surface area (Å²) < 4.78 is 1.53. The second kappa shape index (κ2) is 5.52. The van der Waals surface area contributed by atoms with Crippen molar-refractivity contribution in [2.24, 2.45) is 0 Å². The molecule has 1 heterocycles. The molecule has 0 aliphatic rings. The summed E-state index contributed by atoms with van der Waals surface area (Å²) >= 11 is 0. The van der Waals surface area contributed by atoms with Gasteiger partial charge in [-0.05, 0) is 13.8 Å². The van der Waals surface area contributed by atoms with Crippen LogP contribution >= 0.6 is 0 Å². The number of amides is 2. The Morgan fingerprint density at radius 3 is 2.56 bits per heavy atom. The lowest BCUT2D eigenvalue weighted by molar-refractivity contribution is -0.127. The van der Waals surface area contributed by atoms with Crippen LogP contribution in [0.25, 0.3) is 0 Å². The van der Waals surface area contributed by atoms with Crippen LogP contribution in [0.15, 0.2) is 0 Å². The first-order valence-corrected chi connectivity index (χ1v) is 5.69. The largest absolute Gasteiger partial charge is 0.395 e. The van der Waals surface area contributed by atoms with E-state index < -0.39 is 0 Å². The van der Waals surface area contributed by atoms with Crippen molar-refractivity contribution >= 4 is 17.5 Å². The molecule has 1 aromatic rings. The van der Waals surface area contributed by atoms with E-state index in [2.05, 4.69) is 10.4 Å². The average molecular weight is 253 g/mol. The highest BCUT2D eigenvalue weighted by Gasteiger charge is 2.19. The van der Waals surface area contributed by atoms with Crippen molar-refractivity contribution in [1.29, 1.82) is 0 Å². The molecule has 7 heteroatoms. The maximum atomic E-state index is 12.0. The number of aromatic nitrogens is 2. The molecule has 0 spiro atoms. The first kappa shape index (κ1) is 14.0. The number of nitrogens with zero attached hydrogens (tertiary/aromatic N) is 3. The molecule has 0 aliphatic carbocycles. The highest BCUT2D eigenvalue weighted by molar-refractivity contribution is 5.99. The smallest absolute Gasteiger partial charge is 0.272 e. The fourth-order valence-corrected chi connectivity index (χ4v) is 1.46. The second-order valence-electron chi connectivity index (χ2n) is 4.13. The van der Waals surface area contributed by atoms with Gasteiger partial charge in [-0.25, -0.2) is 0 Å². The zero-order valence-electron chi connectivity index (χ0n) is 11.1. The Bertz CT molecular complexity index is 464. The summed E-state index contributed by atoms with van der Waals surface area (Å²) in [6, 6.07) is 0. The first-order chi connectivity index (χ1) is 8.38. The van der Waals surface area contributed by atoms with Gasteiger partial charge < -0.3 is 16.0 Å². The molecule has 3 N–H and O–H groups in total. The van der Waals surface area contributed by atoms with Gasteiger partial charge >= 0.3 is 0 Å². The number of hydrogen-bond acceptors (Lipinski definition) is 4. The van der Waals surface area contributed by atoms with Crippen molar-refractivity contribution in [3.05, 3.63) is 11.4 Å². The van der Waals surface area contributed by atoms with E-state index in [0.29, 0.717) is 23.6 Å². The summed E-state index contributed by atoms with van der Waals surface area (Å²) in [4.78, 5) is 24.8. The lowest BCUT2D eigenvalue weighted by atomic mass is 10.3. The van der Waals surface area contributed by atoms with Crippen LogP contribution in [-0.2, 0) is 11.3 Å². The van der Waals surface area contributed by atoms with E-state index in [4.69, 9.17) is 5.73 Å². The number of likely N-dealkylation sites (N-methyl/N-ethyl adjacent to an activating group) is 1. The van der Waals surface area contributed by atoms with Gasteiger partial charge in [0, 0.05) is 20.6 Å². The molecular formula is C11H19N5O2. The van der Waals surface area contributed by atoms with Crippen molar-refractivity contribution in [2.75, 3.05) is 26.4 Å². The molecule has 0 saturated heterocycles. The molecule has 0 fully saturated rings. The molecule has 0 saturated carbocycles. The van der Waals surface area contributed by atoms with E-state index in [1.54, 1.807) is 21.0 Å². The molecule has 0 bridgehead atoms. The molecule has 0 atom stereocenters. The quantitative estimate of drug-likeness (QED) is 0.764. The summed E-state index contributed by atoms with van der Waals surface area (Å²) in [5.74, 6) is -0.564. The molecule has 18 heavy (non-hydrogen) atoms. The molecular weight excluding hydrogens is 234 g/mol. The number of hydrogen-bond donors (Lipinski definition) is 2. The van der Waals surface area contributed by atoms with Crippen LogP contribution in [0.5, 0.6) is 0 Å². The molecule has 0 radical (unpaired) electrons. The number of anilines is 1. The fraction of sp³-hybridized carbons (Fsp3) is 0.545. The fourth-order valence-electron chi connectivity index (χ4n) is 1.46. The summed E-state index contributed by atoms with van der Waals surface area (Å²) in [5.41, 5.74) is 7.08. The number of rotatable bonds is 4. The predicted molar refractivity (Wildman–Crippen MR) is 68.1 cm³/mol. The van der Waals surface area contributed by atoms with Gasteiger partial charge in [0.1, 0.15) is 5.69 Å². The topological polar surface area (TPSA) is 93.2 Å². The van der Waals surface area contributed by atoms with E-state index in [9.17, 15) is 9.59 Å². The molecule has 1 aromatic heterocycles. The molecule has 1 rings (SSSR count). The maximum absolute atomic E-state index is 12.0. The molecule has 0 aliphatic heterocycles. The Morgan fingerprint density at radius 1 is 1.44 bits per heavy atom. The molecule has 0 unspecified atom stereocenters. The number of nitrogens with one attached hydrogen (secondary N) is 1. The highest BCUT2D eigenvalue weighted by Crippen LogP contribution is 2.15. The number of aryl methyl sites for hydroxylation is 2. The minimum absolute atomic E-state index is 0.0563. The van der Waals surface area contributed by atoms with Crippen molar-refractivity contribution in [3.8, 4) is 0 Å². The maximum Gasteiger partial charge on any atom is 0.272 e. The van der Waals surface area contributed by atoms with Gasteiger partial charge in [-0.1, -0.05) is 0 Å². The van der Waals surface area contributed by atoms with Gasteiger partial charge in [-0.15, -0.1) is 0 Å². The number of carbonyl (C=O) groups excluding carboxylic acids is 2. The summed E-state index contributed by atoms with van der Waals surface area (Å²) in [6.45, 7) is 4.10. The van der Waals surface area contributed by atoms with E-state index in [0.717, 1.165) is 0 Å². The monoisotopic (exact) mass is 253 g/mol. The predicted octanol–water partition coefficient (Wildman–Crippen LogP) is -0.388. The molecule has 0 aromatic carbocycles. The van der Waals surface area contributed by atoms with Crippen molar-refractivity contribution in [1.82, 2.24) is 20.0 Å². The van der Waals surface area contributed by atoms with E-state index in [1.165, 1.54) is 9.58 Å². The van der Waals surface area contributed by atoms with Crippen LogP contribution in [0.4, 0.5) is 5.69 Å². The van der Waals surface area contributed by atoms with E-state index in [1.807, 2.05) is 6.92 Å². The first-order valence-electron chi connectivity index (χ1n) is 5.69. The Kier molecular flexibility index (Phi) is 4.30. The Morgan fingerprint density at radius 2 is 2.06 bits per heavy atom. The second-order valence-corrected chi connectivity index (χ2v) is 4.13. The van der Waals surface area contributed by atoms with Crippen LogP contribution in [0.3, 0.4) is 0 Å². The van der Waals surface area contributed by atoms with Crippen LogP contribution in [0.2, 0.25) is 0 Å². The highest BCUT2D eigenvalue weighted by atomic mass is 16.2. The van der Waals surface area contributed by atoms with Gasteiger partial charge in [0.05, 0.1) is 17.9 Å². The number of carbonyl (C=O) groups is 2. The van der Waals surface area contributed by atoms with Gasteiger partial charge in [-0.2, -0.15) is 5.10 Å². The lowest BCUT2D eigenvalue weighted by Crippen LogP contribution is -2.37. The van der Waals surface area contributed by atoms with E-state index in [-0.39, 0.29) is 18.4 Å². The van der Waals surface area contributed by atoms with Crippen molar-refractivity contribution in [2.45, 2.75) is 20.4 Å². The number of nitrogen functional groups attached to an aromatic ring is 1. The SMILES string of the molecule is CCn1nc(C)c(N)c1C(=O)NCC(=O)N(C)C. The Balaban J connectivity index is 2.82. The molecule has 100 valence electrons. The summed E-state index contributed by atoms with van der Waals surface area (Å²) in [7, 11) is 3.26. The van der Waals surface area contributed by atoms with Crippen molar-refractivity contribution in [3.63, 3.8) is 0 Å². The Hall–Kier alpha value is -2.05. The van der Waals surface area contributed by atoms with Gasteiger partial charge in [0.2, 0.25) is 5.91 Å². The summed E-state index contributed by atoms with van der Waals surface area (Å²) in [6.07, 6.45) is 0. The van der Waals surface area contributed by atoms with Crippen molar-refractivity contribution < 1.29 is 9.59 Å². The third kappa shape index (κ3) is 2.79. The zero-order chi connectivity index (χ0) is 13.9. The molecule has 7 nitrogen and oxygen atoms in total. The van der Waals surface area contributed by atoms with Crippen LogP contribution in [-0.4, -0.2) is 47.1 Å². The van der Waals surface area contributed by atoms with Gasteiger partial charge in [-0.3, -0.25) is 14.3 Å². The third-order valence-corrected chi connectivity index (χ3v) is 2.59. The van der Waals surface area contributed by atoms with E-state index >= 15 is 0 Å². The van der Waals surface area contributed by atoms with Crippen LogP contribution < -0.4 is 11.1 Å². The minimum Gasteiger partial charge on any atom is -0.395 e. The zero-order valence-corrected chi connectivity index (χ0v) is 11.1. The van der Waals surface area contributed by atoms with Crippen LogP contribution in [0, 0.1) is 6.92 Å². The number of nitrogens with two attached hydrogens (primary N) is 1. The molecule has 2 amide bonds. The standard InChI is InChI=1S/C11H19N5O2/c1-5-16-10(9(12)7(2)14-16)11(18)13-6-8(17)15(3)4/h5-6,12H2,1-4H3,(H,13,18). The average Bonchev–Trinajstić information content (AvgIpc) is 2.61. The Labute approximate surface area is 106 Å². The minimum atomic E-state index is -0.384. The lowest BCUT2D eigenvalue weighted by Gasteiger charge is -2.11. The normalized spacial score (nSPS) is 10.2.